The minimum absolute atomic E-state index is 0.635. The summed E-state index contributed by atoms with van der Waals surface area (Å²) < 4.78 is 8.80. The molecule has 0 aliphatic carbocycles. The first-order chi connectivity index (χ1) is 27.7. The number of fused-ring (bicyclic) bond motifs is 6. The standard InChI is InChI=1S/C51H32N4O/c1-3-14-33(15-4-1)49-52-50(34-16-5-2-6-17-34)54-51(53-49)38-20-11-18-35(30-38)36-28-29-46-44(32-36)41-22-7-9-26-45(41)55(46)39-21-12-19-37(31-39)40-24-13-25-43-42-23-8-10-27-47(42)56-48(40)43/h1-32H. The van der Waals surface area contributed by atoms with E-state index in [0.717, 1.165) is 77.6 Å². The van der Waals surface area contributed by atoms with E-state index >= 15 is 0 Å². The van der Waals surface area contributed by atoms with Crippen molar-refractivity contribution in [2.24, 2.45) is 0 Å². The third-order valence-corrected chi connectivity index (χ3v) is 10.6. The summed E-state index contributed by atoms with van der Waals surface area (Å²) in [5.41, 5.74) is 12.4. The summed E-state index contributed by atoms with van der Waals surface area (Å²) in [6.07, 6.45) is 0. The predicted molar refractivity (Wildman–Crippen MR) is 229 cm³/mol. The van der Waals surface area contributed by atoms with Gasteiger partial charge < -0.3 is 8.98 Å². The zero-order chi connectivity index (χ0) is 37.0. The Labute approximate surface area is 322 Å². The number of nitrogens with zero attached hydrogens (tertiary/aromatic N) is 4. The number of furan rings is 1. The lowest BCUT2D eigenvalue weighted by atomic mass is 10.0. The van der Waals surface area contributed by atoms with E-state index in [1.54, 1.807) is 0 Å². The molecule has 5 heteroatoms. The molecule has 0 fully saturated rings. The SMILES string of the molecule is c1ccc(-c2nc(-c3ccccc3)nc(-c3cccc(-c4ccc5c(c4)c4ccccc4n5-c4cccc(-c5cccc6c5oc5ccccc56)c4)c3)n2)cc1. The topological polar surface area (TPSA) is 56.7 Å². The van der Waals surface area contributed by atoms with Crippen LogP contribution >= 0.6 is 0 Å². The van der Waals surface area contributed by atoms with Gasteiger partial charge >= 0.3 is 0 Å². The van der Waals surface area contributed by atoms with Gasteiger partial charge in [-0.3, -0.25) is 0 Å². The molecule has 0 unspecified atom stereocenters. The molecule has 3 aromatic heterocycles. The first kappa shape index (κ1) is 31.9. The second-order valence-corrected chi connectivity index (χ2v) is 14.0. The van der Waals surface area contributed by atoms with Crippen molar-refractivity contribution in [1.29, 1.82) is 0 Å². The Morgan fingerprint density at radius 3 is 1.68 bits per heavy atom. The molecule has 0 N–H and O–H groups in total. The maximum Gasteiger partial charge on any atom is 0.164 e. The molecular weight excluding hydrogens is 685 g/mol. The highest BCUT2D eigenvalue weighted by molar-refractivity contribution is 6.11. The molecule has 0 saturated carbocycles. The number of aromatic nitrogens is 4. The highest BCUT2D eigenvalue weighted by Gasteiger charge is 2.17. The summed E-state index contributed by atoms with van der Waals surface area (Å²) in [4.78, 5) is 14.9. The van der Waals surface area contributed by atoms with Crippen LogP contribution in [0.1, 0.15) is 0 Å². The van der Waals surface area contributed by atoms with Crippen molar-refractivity contribution >= 4 is 43.7 Å². The van der Waals surface area contributed by atoms with E-state index in [1.165, 1.54) is 10.8 Å². The van der Waals surface area contributed by atoms with Crippen LogP contribution in [-0.2, 0) is 0 Å². The first-order valence-electron chi connectivity index (χ1n) is 18.8. The van der Waals surface area contributed by atoms with E-state index in [2.05, 4.69) is 126 Å². The van der Waals surface area contributed by atoms with Crippen LogP contribution in [0.15, 0.2) is 199 Å². The average molecular weight is 717 g/mol. The molecule has 11 rings (SSSR count). The summed E-state index contributed by atoms with van der Waals surface area (Å²) in [6.45, 7) is 0. The minimum Gasteiger partial charge on any atom is -0.455 e. The van der Waals surface area contributed by atoms with Gasteiger partial charge in [-0.05, 0) is 59.2 Å². The van der Waals surface area contributed by atoms with Crippen LogP contribution in [0.3, 0.4) is 0 Å². The van der Waals surface area contributed by atoms with E-state index in [0.29, 0.717) is 17.5 Å². The van der Waals surface area contributed by atoms with E-state index in [4.69, 9.17) is 19.4 Å². The van der Waals surface area contributed by atoms with Crippen molar-refractivity contribution in [2.45, 2.75) is 0 Å². The van der Waals surface area contributed by atoms with Crippen molar-refractivity contribution in [2.75, 3.05) is 0 Å². The summed E-state index contributed by atoms with van der Waals surface area (Å²) in [5, 5.41) is 4.64. The van der Waals surface area contributed by atoms with Gasteiger partial charge in [0, 0.05) is 49.5 Å². The van der Waals surface area contributed by atoms with Gasteiger partial charge in [0.15, 0.2) is 17.5 Å². The molecule has 0 amide bonds. The van der Waals surface area contributed by atoms with Crippen LogP contribution in [-0.4, -0.2) is 19.5 Å². The maximum absolute atomic E-state index is 6.44. The van der Waals surface area contributed by atoms with Gasteiger partial charge in [-0.15, -0.1) is 0 Å². The van der Waals surface area contributed by atoms with Crippen LogP contribution in [0.4, 0.5) is 0 Å². The summed E-state index contributed by atoms with van der Waals surface area (Å²) in [6, 6.07) is 67.5. The van der Waals surface area contributed by atoms with Crippen LogP contribution < -0.4 is 0 Å². The quantitative estimate of drug-likeness (QED) is 0.172. The van der Waals surface area contributed by atoms with Crippen molar-refractivity contribution in [3.8, 4) is 62.1 Å². The molecular formula is C51H32N4O. The van der Waals surface area contributed by atoms with Crippen molar-refractivity contribution in [3.05, 3.63) is 194 Å². The summed E-state index contributed by atoms with van der Waals surface area (Å²) >= 11 is 0. The molecule has 3 heterocycles. The zero-order valence-electron chi connectivity index (χ0n) is 30.2. The molecule has 0 saturated heterocycles. The molecule has 11 aromatic rings. The highest BCUT2D eigenvalue weighted by Crippen LogP contribution is 2.39. The van der Waals surface area contributed by atoms with Gasteiger partial charge in [-0.25, -0.2) is 15.0 Å². The minimum atomic E-state index is 0.635. The predicted octanol–water partition coefficient (Wildman–Crippen LogP) is 13.2. The Bertz CT molecular complexity index is 3200. The van der Waals surface area contributed by atoms with Gasteiger partial charge in [-0.1, -0.05) is 152 Å². The van der Waals surface area contributed by atoms with Crippen molar-refractivity contribution in [1.82, 2.24) is 19.5 Å². The monoisotopic (exact) mass is 716 g/mol. The lowest BCUT2D eigenvalue weighted by Gasteiger charge is -2.11. The summed E-state index contributed by atoms with van der Waals surface area (Å²) in [7, 11) is 0. The molecule has 0 aliphatic heterocycles. The third-order valence-electron chi connectivity index (χ3n) is 10.6. The normalized spacial score (nSPS) is 11.6. The number of para-hydroxylation sites is 3. The second-order valence-electron chi connectivity index (χ2n) is 14.0. The molecule has 0 spiro atoms. The third kappa shape index (κ3) is 5.37. The van der Waals surface area contributed by atoms with E-state index in [1.807, 2.05) is 72.8 Å². The lowest BCUT2D eigenvalue weighted by Crippen LogP contribution is -2.00. The highest BCUT2D eigenvalue weighted by atomic mass is 16.3. The van der Waals surface area contributed by atoms with E-state index in [-0.39, 0.29) is 0 Å². The van der Waals surface area contributed by atoms with E-state index < -0.39 is 0 Å². The lowest BCUT2D eigenvalue weighted by molar-refractivity contribution is 0.670. The second kappa shape index (κ2) is 13.0. The van der Waals surface area contributed by atoms with Crippen molar-refractivity contribution < 1.29 is 4.42 Å². The smallest absolute Gasteiger partial charge is 0.164 e. The van der Waals surface area contributed by atoms with Crippen molar-refractivity contribution in [3.63, 3.8) is 0 Å². The molecule has 262 valence electrons. The average Bonchev–Trinajstić information content (AvgIpc) is 3.83. The largest absolute Gasteiger partial charge is 0.455 e. The molecule has 0 atom stereocenters. The number of rotatable bonds is 6. The van der Waals surface area contributed by atoms with Crippen LogP contribution in [0.25, 0.3) is 106 Å². The van der Waals surface area contributed by atoms with Crippen LogP contribution in [0.5, 0.6) is 0 Å². The van der Waals surface area contributed by atoms with Gasteiger partial charge in [0.25, 0.3) is 0 Å². The summed E-state index contributed by atoms with van der Waals surface area (Å²) in [5.74, 6) is 1.93. The van der Waals surface area contributed by atoms with Gasteiger partial charge in [0.05, 0.1) is 11.0 Å². The number of benzene rings is 8. The Morgan fingerprint density at radius 2 is 0.893 bits per heavy atom. The van der Waals surface area contributed by atoms with Gasteiger partial charge in [-0.2, -0.15) is 0 Å². The Kier molecular flexibility index (Phi) is 7.42. The molecule has 0 bridgehead atoms. The Balaban J connectivity index is 1.02. The fourth-order valence-corrected chi connectivity index (χ4v) is 7.99. The Morgan fingerprint density at radius 1 is 0.339 bits per heavy atom. The van der Waals surface area contributed by atoms with Gasteiger partial charge in [0.2, 0.25) is 0 Å². The van der Waals surface area contributed by atoms with Crippen LogP contribution in [0, 0.1) is 0 Å². The molecule has 8 aromatic carbocycles. The Hall–Kier alpha value is -7.63. The first-order valence-corrected chi connectivity index (χ1v) is 18.8. The maximum atomic E-state index is 6.44. The molecule has 0 aliphatic rings. The number of hydrogen-bond acceptors (Lipinski definition) is 4. The number of hydrogen-bond donors (Lipinski definition) is 0. The zero-order valence-corrected chi connectivity index (χ0v) is 30.2. The fraction of sp³-hybridized carbons (Fsp3) is 0. The molecule has 5 nitrogen and oxygen atoms in total. The van der Waals surface area contributed by atoms with Gasteiger partial charge in [0.1, 0.15) is 11.2 Å². The van der Waals surface area contributed by atoms with E-state index in [9.17, 15) is 0 Å². The molecule has 56 heavy (non-hydrogen) atoms. The van der Waals surface area contributed by atoms with Crippen LogP contribution in [0.2, 0.25) is 0 Å². The fourth-order valence-electron chi connectivity index (χ4n) is 7.99. The molecule has 0 radical (unpaired) electrons.